The van der Waals surface area contributed by atoms with Crippen LogP contribution in [0.5, 0.6) is 0 Å². The molecule has 0 aliphatic carbocycles. The first-order chi connectivity index (χ1) is 10.3. The Morgan fingerprint density at radius 3 is 2.71 bits per heavy atom. The number of para-hydroxylation sites is 1. The number of hydrogen-bond acceptors (Lipinski definition) is 6. The number of fused-ring (bicyclic) bond motifs is 1. The highest BCUT2D eigenvalue weighted by molar-refractivity contribution is 7.09. The van der Waals surface area contributed by atoms with Crippen molar-refractivity contribution < 1.29 is 0 Å². The summed E-state index contributed by atoms with van der Waals surface area (Å²) in [5.74, 6) is 0.860. The number of aromatic amines is 1. The zero-order chi connectivity index (χ0) is 14.2. The van der Waals surface area contributed by atoms with Crippen molar-refractivity contribution in [1.82, 2.24) is 19.3 Å². The van der Waals surface area contributed by atoms with Gasteiger partial charge in [0.2, 0.25) is 5.13 Å². The second-order valence-electron chi connectivity index (χ2n) is 5.17. The fourth-order valence-corrected chi connectivity index (χ4v) is 3.48. The smallest absolute Gasteiger partial charge is 0.205 e. The van der Waals surface area contributed by atoms with E-state index in [0.29, 0.717) is 0 Å². The van der Waals surface area contributed by atoms with E-state index in [2.05, 4.69) is 47.3 Å². The highest BCUT2D eigenvalue weighted by Crippen LogP contribution is 2.26. The molecule has 0 saturated carbocycles. The van der Waals surface area contributed by atoms with Gasteiger partial charge in [0, 0.05) is 37.7 Å². The maximum Gasteiger partial charge on any atom is 0.205 e. The van der Waals surface area contributed by atoms with Gasteiger partial charge in [-0.1, -0.05) is 6.07 Å². The van der Waals surface area contributed by atoms with E-state index in [-0.39, 0.29) is 0 Å². The van der Waals surface area contributed by atoms with Crippen molar-refractivity contribution in [1.29, 1.82) is 0 Å². The van der Waals surface area contributed by atoms with E-state index >= 15 is 0 Å². The molecule has 1 aliphatic heterocycles. The number of anilines is 2. The first-order valence-electron chi connectivity index (χ1n) is 7.03. The molecule has 0 spiro atoms. The molecule has 0 amide bonds. The third kappa shape index (κ3) is 2.23. The molecule has 108 valence electrons. The lowest BCUT2D eigenvalue weighted by atomic mass is 10.2. The summed E-state index contributed by atoms with van der Waals surface area (Å²) < 4.78 is 4.26. The Morgan fingerprint density at radius 2 is 1.95 bits per heavy atom. The van der Waals surface area contributed by atoms with E-state index in [9.17, 15) is 0 Å². The largest absolute Gasteiger partial charge is 0.366 e. The van der Waals surface area contributed by atoms with Crippen LogP contribution in [0.2, 0.25) is 0 Å². The standard InChI is InChI=1S/C14H16N6S/c1-10-17-14(21-18-10)20-7-5-19(6-8-20)12-4-2-3-11-13(12)16-9-15-11/h2-4,9H,5-8H2,1H3,(H,15,16). The zero-order valence-corrected chi connectivity index (χ0v) is 12.6. The predicted octanol–water partition coefficient (Wildman–Crippen LogP) is 2.05. The van der Waals surface area contributed by atoms with Gasteiger partial charge in [-0.3, -0.25) is 0 Å². The lowest BCUT2D eigenvalue weighted by molar-refractivity contribution is 0.653. The first kappa shape index (κ1) is 12.6. The molecule has 0 unspecified atom stereocenters. The molecule has 3 heterocycles. The van der Waals surface area contributed by atoms with Gasteiger partial charge >= 0.3 is 0 Å². The topological polar surface area (TPSA) is 60.9 Å². The van der Waals surface area contributed by atoms with E-state index in [0.717, 1.165) is 48.2 Å². The van der Waals surface area contributed by atoms with Crippen LogP contribution >= 0.6 is 11.5 Å². The van der Waals surface area contributed by atoms with Crippen LogP contribution < -0.4 is 9.80 Å². The SMILES string of the molecule is Cc1nsc(N2CCN(c3cccc4[nH]cnc34)CC2)n1. The first-order valence-corrected chi connectivity index (χ1v) is 7.81. The van der Waals surface area contributed by atoms with Gasteiger partial charge in [-0.05, 0) is 19.1 Å². The van der Waals surface area contributed by atoms with Crippen LogP contribution in [0, 0.1) is 6.92 Å². The van der Waals surface area contributed by atoms with Gasteiger partial charge in [-0.15, -0.1) is 0 Å². The van der Waals surface area contributed by atoms with Gasteiger partial charge in [0.25, 0.3) is 0 Å². The van der Waals surface area contributed by atoms with Crippen molar-refractivity contribution in [2.75, 3.05) is 36.0 Å². The van der Waals surface area contributed by atoms with Crippen molar-refractivity contribution in [3.63, 3.8) is 0 Å². The second kappa shape index (κ2) is 5.00. The Kier molecular flexibility index (Phi) is 2.99. The van der Waals surface area contributed by atoms with Crippen LogP contribution in [0.3, 0.4) is 0 Å². The molecule has 0 bridgehead atoms. The Bertz CT molecular complexity index is 756. The van der Waals surface area contributed by atoms with E-state index < -0.39 is 0 Å². The lowest BCUT2D eigenvalue weighted by Crippen LogP contribution is -2.46. The number of piperazine rings is 1. The van der Waals surface area contributed by atoms with Crippen LogP contribution in [-0.4, -0.2) is 45.5 Å². The highest BCUT2D eigenvalue weighted by Gasteiger charge is 2.21. The predicted molar refractivity (Wildman–Crippen MR) is 85.2 cm³/mol. The molecular weight excluding hydrogens is 284 g/mol. The number of nitrogens with zero attached hydrogens (tertiary/aromatic N) is 5. The van der Waals surface area contributed by atoms with E-state index in [1.807, 2.05) is 6.92 Å². The molecule has 7 heteroatoms. The maximum atomic E-state index is 4.47. The van der Waals surface area contributed by atoms with E-state index in [4.69, 9.17) is 0 Å². The van der Waals surface area contributed by atoms with Gasteiger partial charge < -0.3 is 14.8 Å². The van der Waals surface area contributed by atoms with Crippen LogP contribution in [0.15, 0.2) is 24.5 Å². The van der Waals surface area contributed by atoms with Crippen LogP contribution in [0.1, 0.15) is 5.82 Å². The third-order valence-electron chi connectivity index (χ3n) is 3.84. The summed E-state index contributed by atoms with van der Waals surface area (Å²) in [7, 11) is 0. The van der Waals surface area contributed by atoms with Crippen molar-refractivity contribution in [3.05, 3.63) is 30.4 Å². The van der Waals surface area contributed by atoms with Crippen LogP contribution in [-0.2, 0) is 0 Å². The highest BCUT2D eigenvalue weighted by atomic mass is 32.1. The van der Waals surface area contributed by atoms with Crippen molar-refractivity contribution >= 4 is 33.4 Å². The Morgan fingerprint density at radius 1 is 1.14 bits per heavy atom. The molecule has 2 aromatic heterocycles. The number of aromatic nitrogens is 4. The molecule has 21 heavy (non-hydrogen) atoms. The quantitative estimate of drug-likeness (QED) is 0.785. The van der Waals surface area contributed by atoms with Gasteiger partial charge in [-0.25, -0.2) is 9.97 Å². The number of imidazole rings is 1. The van der Waals surface area contributed by atoms with Crippen LogP contribution in [0.25, 0.3) is 11.0 Å². The molecule has 1 aromatic carbocycles. The molecule has 6 nitrogen and oxygen atoms in total. The minimum atomic E-state index is 0.860. The molecule has 1 fully saturated rings. The van der Waals surface area contributed by atoms with Crippen molar-refractivity contribution in [2.45, 2.75) is 6.92 Å². The summed E-state index contributed by atoms with van der Waals surface area (Å²) in [4.78, 5) is 16.8. The summed E-state index contributed by atoms with van der Waals surface area (Å²) >= 11 is 1.49. The fraction of sp³-hybridized carbons (Fsp3) is 0.357. The Balaban J connectivity index is 1.53. The number of H-pyrrole nitrogens is 1. The number of aryl methyl sites for hydroxylation is 1. The number of benzene rings is 1. The van der Waals surface area contributed by atoms with E-state index in [1.165, 1.54) is 17.2 Å². The lowest BCUT2D eigenvalue weighted by Gasteiger charge is -2.35. The summed E-state index contributed by atoms with van der Waals surface area (Å²) in [5.41, 5.74) is 3.36. The molecule has 1 N–H and O–H groups in total. The molecule has 4 rings (SSSR count). The second-order valence-corrected chi connectivity index (χ2v) is 5.90. The molecular formula is C14H16N6S. The summed E-state index contributed by atoms with van der Waals surface area (Å²) in [6, 6.07) is 6.29. The van der Waals surface area contributed by atoms with Gasteiger partial charge in [0.05, 0.1) is 17.5 Å². The molecule has 0 radical (unpaired) electrons. The summed E-state index contributed by atoms with van der Waals surface area (Å²) in [6.45, 7) is 5.83. The van der Waals surface area contributed by atoms with Crippen molar-refractivity contribution in [3.8, 4) is 0 Å². The maximum absolute atomic E-state index is 4.47. The Labute approximate surface area is 126 Å². The average Bonchev–Trinajstić information content (AvgIpc) is 3.15. The van der Waals surface area contributed by atoms with Crippen molar-refractivity contribution in [2.24, 2.45) is 0 Å². The Hall–Kier alpha value is -2.15. The normalized spacial score (nSPS) is 15.9. The minimum absolute atomic E-state index is 0.860. The fourth-order valence-electron chi connectivity index (χ4n) is 2.76. The minimum Gasteiger partial charge on any atom is -0.366 e. The zero-order valence-electron chi connectivity index (χ0n) is 11.8. The number of rotatable bonds is 2. The molecule has 1 aliphatic rings. The summed E-state index contributed by atoms with van der Waals surface area (Å²) in [5, 5.41) is 1.03. The molecule has 1 saturated heterocycles. The van der Waals surface area contributed by atoms with Gasteiger partial charge in [0.15, 0.2) is 0 Å². The average molecular weight is 300 g/mol. The van der Waals surface area contributed by atoms with Gasteiger partial charge in [0.1, 0.15) is 11.3 Å². The number of nitrogens with one attached hydrogen (secondary N) is 1. The third-order valence-corrected chi connectivity index (χ3v) is 4.70. The molecule has 3 aromatic rings. The van der Waals surface area contributed by atoms with Gasteiger partial charge in [-0.2, -0.15) is 4.37 Å². The van der Waals surface area contributed by atoms with E-state index in [1.54, 1.807) is 6.33 Å². The van der Waals surface area contributed by atoms with Crippen LogP contribution in [0.4, 0.5) is 10.8 Å². The monoisotopic (exact) mass is 300 g/mol. The molecule has 0 atom stereocenters. The number of hydrogen-bond donors (Lipinski definition) is 1. The summed E-state index contributed by atoms with van der Waals surface area (Å²) in [6.07, 6.45) is 1.76.